The maximum atomic E-state index is 12.9. The van der Waals surface area contributed by atoms with Gasteiger partial charge in [-0.2, -0.15) is 9.36 Å². The van der Waals surface area contributed by atoms with Crippen LogP contribution in [0.1, 0.15) is 33.0 Å². The number of carboxylic acid groups (broad SMARTS) is 1. The summed E-state index contributed by atoms with van der Waals surface area (Å²) < 4.78 is 8.93. The normalized spacial score (nSPS) is 19.7. The molecular formula is C19H22N6O8S2. The monoisotopic (exact) mass is 526 g/mol. The molecular weight excluding hydrogens is 504 g/mol. The molecule has 0 bridgehead atoms. The van der Waals surface area contributed by atoms with Crippen LogP contribution < -0.4 is 11.1 Å². The molecule has 0 spiro atoms. The highest BCUT2D eigenvalue weighted by atomic mass is 32.2. The molecule has 16 heteroatoms. The number of nitrogens with one attached hydrogen (secondary N) is 1. The highest BCUT2D eigenvalue weighted by Gasteiger charge is 2.54. The summed E-state index contributed by atoms with van der Waals surface area (Å²) in [7, 11) is 0. The first-order valence-electron chi connectivity index (χ1n) is 10.2. The van der Waals surface area contributed by atoms with Gasteiger partial charge in [-0.3, -0.25) is 24.1 Å². The number of hydrogen-bond donors (Lipinski definition) is 3. The smallest absolute Gasteiger partial charge is 0.352 e. The minimum absolute atomic E-state index is 0.0774. The van der Waals surface area contributed by atoms with Gasteiger partial charge in [0, 0.05) is 22.9 Å². The molecule has 0 radical (unpaired) electrons. The molecule has 1 unspecified atom stereocenters. The first kappa shape index (κ1) is 26.1. The predicted molar refractivity (Wildman–Crippen MR) is 123 cm³/mol. The minimum atomic E-state index is -1.39. The molecule has 35 heavy (non-hydrogen) atoms. The summed E-state index contributed by atoms with van der Waals surface area (Å²) in [6.07, 6.45) is -0.790. The van der Waals surface area contributed by atoms with Crippen molar-refractivity contribution < 1.29 is 38.7 Å². The number of hydrogen-bond acceptors (Lipinski definition) is 13. The number of nitrogens with two attached hydrogens (primary N) is 1. The lowest BCUT2D eigenvalue weighted by atomic mass is 10.0. The van der Waals surface area contributed by atoms with Gasteiger partial charge in [-0.25, -0.2) is 4.79 Å². The van der Waals surface area contributed by atoms with Crippen molar-refractivity contribution in [3.63, 3.8) is 0 Å². The second kappa shape index (κ2) is 10.8. The van der Waals surface area contributed by atoms with Crippen LogP contribution in [0.2, 0.25) is 0 Å². The molecule has 188 valence electrons. The molecule has 2 aliphatic rings. The van der Waals surface area contributed by atoms with Gasteiger partial charge in [0.25, 0.3) is 11.8 Å². The Morgan fingerprint density at radius 2 is 2.06 bits per heavy atom. The van der Waals surface area contributed by atoms with Crippen LogP contribution in [-0.2, 0) is 33.5 Å². The third-order valence-corrected chi connectivity index (χ3v) is 6.44. The van der Waals surface area contributed by atoms with Crippen LogP contribution in [0.5, 0.6) is 0 Å². The summed E-state index contributed by atoms with van der Waals surface area (Å²) in [5.74, 6) is -4.01. The number of aromatic nitrogens is 2. The summed E-state index contributed by atoms with van der Waals surface area (Å²) in [6.45, 7) is 4.24. The zero-order valence-corrected chi connectivity index (χ0v) is 20.5. The Morgan fingerprint density at radius 3 is 2.63 bits per heavy atom. The number of carbonyl (C=O) groups is 5. The van der Waals surface area contributed by atoms with Crippen LogP contribution >= 0.6 is 23.3 Å². The van der Waals surface area contributed by atoms with Crippen LogP contribution in [0.15, 0.2) is 16.4 Å². The molecule has 4 N–H and O–H groups in total. The first-order chi connectivity index (χ1) is 16.5. The van der Waals surface area contributed by atoms with Crippen molar-refractivity contribution in [3.8, 4) is 0 Å². The van der Waals surface area contributed by atoms with E-state index in [2.05, 4.69) is 19.8 Å². The number of oxime groups is 1. The maximum Gasteiger partial charge on any atom is 0.352 e. The van der Waals surface area contributed by atoms with Gasteiger partial charge in [-0.1, -0.05) is 5.16 Å². The van der Waals surface area contributed by atoms with Crippen molar-refractivity contribution in [1.29, 1.82) is 0 Å². The number of anilines is 1. The van der Waals surface area contributed by atoms with Gasteiger partial charge in [-0.05, 0) is 20.8 Å². The van der Waals surface area contributed by atoms with Gasteiger partial charge >= 0.3 is 11.9 Å². The Labute approximate surface area is 207 Å². The van der Waals surface area contributed by atoms with E-state index in [1.807, 2.05) is 0 Å². The fourth-order valence-electron chi connectivity index (χ4n) is 3.10. The van der Waals surface area contributed by atoms with Gasteiger partial charge in [0.05, 0.1) is 0 Å². The Hall–Kier alpha value is -3.53. The summed E-state index contributed by atoms with van der Waals surface area (Å²) in [6, 6.07) is -1.05. The average Bonchev–Trinajstić information content (AvgIpc) is 3.20. The second-order valence-corrected chi connectivity index (χ2v) is 9.60. The summed E-state index contributed by atoms with van der Waals surface area (Å²) in [5, 5.41) is 15.4. The van der Waals surface area contributed by atoms with Crippen molar-refractivity contribution in [2.24, 2.45) is 5.16 Å². The van der Waals surface area contributed by atoms with E-state index in [0.717, 1.165) is 16.4 Å². The van der Waals surface area contributed by atoms with E-state index in [1.165, 1.54) is 18.7 Å². The van der Waals surface area contributed by atoms with Gasteiger partial charge in [-0.15, -0.1) is 11.8 Å². The van der Waals surface area contributed by atoms with E-state index < -0.39 is 47.4 Å². The quantitative estimate of drug-likeness (QED) is 0.116. The number of ketones is 1. The SMILES string of the molecule is CC(=O)CC(=O)OCC1=C(C(=O)O)N2C(=O)C(NC(=O)C(=NOC(C)C)c3nsc(N)n3)[C@@H]2SC1. The number of amides is 2. The predicted octanol–water partition coefficient (Wildman–Crippen LogP) is -0.490. The van der Waals surface area contributed by atoms with Crippen LogP contribution in [0.4, 0.5) is 5.13 Å². The Kier molecular flexibility index (Phi) is 8.06. The second-order valence-electron chi connectivity index (χ2n) is 7.71. The lowest BCUT2D eigenvalue weighted by Gasteiger charge is -2.49. The number of carboxylic acids is 1. The fraction of sp³-hybridized carbons (Fsp3) is 0.474. The number of esters is 1. The van der Waals surface area contributed by atoms with E-state index in [-0.39, 0.29) is 46.4 Å². The molecule has 14 nitrogen and oxygen atoms in total. The van der Waals surface area contributed by atoms with E-state index in [4.69, 9.17) is 15.3 Å². The molecule has 0 aromatic carbocycles. The Bertz CT molecular complexity index is 1130. The molecule has 1 fully saturated rings. The summed E-state index contributed by atoms with van der Waals surface area (Å²) in [4.78, 5) is 70.4. The number of ether oxygens (including phenoxy) is 1. The number of fused-ring (bicyclic) bond motifs is 1. The zero-order chi connectivity index (χ0) is 25.9. The minimum Gasteiger partial charge on any atom is -0.477 e. The maximum absolute atomic E-state index is 12.9. The lowest BCUT2D eigenvalue weighted by Crippen LogP contribution is -2.71. The van der Waals surface area contributed by atoms with E-state index in [9.17, 15) is 29.1 Å². The standard InChI is InChI=1S/C19H22N6O8S2/c1-7(2)33-23-11(14-22-19(20)35-24-14)15(28)21-12-16(29)25-13(18(30)31)9(6-34-17(12)25)5-32-10(27)4-8(3)26/h7,12,17H,4-6H2,1-3H3,(H,21,28)(H,30,31)(H2,20,22,24)/t12?,17-/m0/s1. The zero-order valence-electron chi connectivity index (χ0n) is 18.8. The molecule has 2 aliphatic heterocycles. The first-order valence-corrected chi connectivity index (χ1v) is 12.0. The highest BCUT2D eigenvalue weighted by Crippen LogP contribution is 2.40. The lowest BCUT2D eigenvalue weighted by molar-refractivity contribution is -0.150. The number of nitrogen functional groups attached to an aromatic ring is 1. The summed E-state index contributed by atoms with van der Waals surface area (Å²) >= 11 is 2.03. The molecule has 1 saturated heterocycles. The summed E-state index contributed by atoms with van der Waals surface area (Å²) in [5.41, 5.74) is 5.17. The van der Waals surface area contributed by atoms with Crippen LogP contribution in [0.25, 0.3) is 0 Å². The molecule has 2 amide bonds. The largest absolute Gasteiger partial charge is 0.477 e. The fourth-order valence-corrected chi connectivity index (χ4v) is 4.86. The van der Waals surface area contributed by atoms with Gasteiger partial charge in [0.15, 0.2) is 5.13 Å². The Morgan fingerprint density at radius 1 is 1.34 bits per heavy atom. The van der Waals surface area contributed by atoms with E-state index >= 15 is 0 Å². The number of rotatable bonds is 10. The van der Waals surface area contributed by atoms with Crippen LogP contribution in [-0.4, -0.2) is 84.5 Å². The number of thioether (sulfide) groups is 1. The van der Waals surface area contributed by atoms with E-state index in [1.54, 1.807) is 13.8 Å². The Balaban J connectivity index is 1.75. The topological polar surface area (TPSA) is 203 Å². The van der Waals surface area contributed by atoms with Crippen molar-refractivity contribution >= 4 is 63.7 Å². The van der Waals surface area contributed by atoms with E-state index in [0.29, 0.717) is 0 Å². The van der Waals surface area contributed by atoms with Gasteiger partial charge < -0.3 is 25.7 Å². The molecule has 0 saturated carbocycles. The highest BCUT2D eigenvalue weighted by molar-refractivity contribution is 8.00. The number of β-lactam (4-membered cyclic amide) rings is 1. The molecule has 0 aliphatic carbocycles. The van der Waals surface area contributed by atoms with Crippen molar-refractivity contribution in [1.82, 2.24) is 19.6 Å². The third kappa shape index (κ3) is 5.94. The number of carbonyl (C=O) groups excluding carboxylic acids is 4. The van der Waals surface area contributed by atoms with Crippen LogP contribution in [0, 0.1) is 0 Å². The molecule has 3 rings (SSSR count). The molecule has 2 atom stereocenters. The molecule has 1 aromatic rings. The number of nitrogens with zero attached hydrogens (tertiary/aromatic N) is 4. The number of aliphatic carboxylic acids is 1. The van der Waals surface area contributed by atoms with Crippen LogP contribution in [0.3, 0.4) is 0 Å². The molecule has 1 aromatic heterocycles. The van der Waals surface area contributed by atoms with Crippen molar-refractivity contribution in [3.05, 3.63) is 17.1 Å². The van der Waals surface area contributed by atoms with Gasteiger partial charge in [0.2, 0.25) is 11.5 Å². The van der Waals surface area contributed by atoms with Crippen molar-refractivity contribution in [2.75, 3.05) is 18.1 Å². The molecule has 3 heterocycles. The average molecular weight is 527 g/mol. The van der Waals surface area contributed by atoms with Gasteiger partial charge in [0.1, 0.15) is 42.0 Å². The number of Topliss-reactive ketones (excluding diaryl/α,β-unsaturated/α-hetero) is 1. The third-order valence-electron chi connectivity index (χ3n) is 4.56. The van der Waals surface area contributed by atoms with Crippen molar-refractivity contribution in [2.45, 2.75) is 44.7 Å².